The van der Waals surface area contributed by atoms with Gasteiger partial charge >= 0.3 is 0 Å². The summed E-state index contributed by atoms with van der Waals surface area (Å²) in [6.45, 7) is 2.78. The van der Waals surface area contributed by atoms with E-state index in [-0.39, 0.29) is 0 Å². The van der Waals surface area contributed by atoms with Crippen molar-refractivity contribution in [1.29, 1.82) is 0 Å². The average Bonchev–Trinajstić information content (AvgIpc) is 2.10. The van der Waals surface area contributed by atoms with Gasteiger partial charge in [0.1, 0.15) is 0 Å². The van der Waals surface area contributed by atoms with E-state index in [1.807, 2.05) is 0 Å². The van der Waals surface area contributed by atoms with Crippen LogP contribution in [0.25, 0.3) is 0 Å². The smallest absolute Gasteiger partial charge is 0.0459 e. The lowest BCUT2D eigenvalue weighted by Gasteiger charge is -2.11. The summed E-state index contributed by atoms with van der Waals surface area (Å²) >= 11 is 0. The molecule has 0 fully saturated rings. The third kappa shape index (κ3) is 6.62. The first-order valence-electron chi connectivity index (χ1n) is 5.06. The van der Waals surface area contributed by atoms with Gasteiger partial charge in [0.25, 0.3) is 0 Å². The molecule has 74 valence electrons. The number of unbranched alkanes of at least 4 members (excludes halogenated alkanes) is 2. The minimum atomic E-state index is 0.303. The number of aliphatic hydroxyl groups excluding tert-OH is 2. The Hall–Kier alpha value is -0.0800. The Kier molecular flexibility index (Phi) is 8.95. The van der Waals surface area contributed by atoms with Crippen molar-refractivity contribution >= 4 is 0 Å². The molecule has 2 heteroatoms. The monoisotopic (exact) mass is 174 g/mol. The van der Waals surface area contributed by atoms with E-state index in [9.17, 15) is 0 Å². The molecule has 1 atom stereocenters. The Bertz CT molecular complexity index is 83.9. The maximum absolute atomic E-state index is 8.96. The Morgan fingerprint density at radius 3 is 2.25 bits per heavy atom. The van der Waals surface area contributed by atoms with Gasteiger partial charge in [0.2, 0.25) is 0 Å². The standard InChI is InChI=1S/C10H22O2/c1-2-6-10(9-12)7-4-3-5-8-11/h10-12H,2-9H2,1H3. The van der Waals surface area contributed by atoms with E-state index in [1.165, 1.54) is 0 Å². The SMILES string of the molecule is CCCC(CO)CCCCCO. The largest absolute Gasteiger partial charge is 0.396 e. The molecule has 0 aliphatic carbocycles. The van der Waals surface area contributed by atoms with Crippen LogP contribution in [0.1, 0.15) is 45.4 Å². The summed E-state index contributed by atoms with van der Waals surface area (Å²) in [7, 11) is 0. The first-order valence-corrected chi connectivity index (χ1v) is 5.06. The van der Waals surface area contributed by atoms with E-state index < -0.39 is 0 Å². The summed E-state index contributed by atoms with van der Waals surface area (Å²) in [5.74, 6) is 0.494. The lowest BCUT2D eigenvalue weighted by molar-refractivity contribution is 0.205. The maximum Gasteiger partial charge on any atom is 0.0459 e. The highest BCUT2D eigenvalue weighted by Crippen LogP contribution is 2.14. The van der Waals surface area contributed by atoms with Gasteiger partial charge in [-0.3, -0.25) is 0 Å². The Morgan fingerprint density at radius 2 is 1.75 bits per heavy atom. The highest BCUT2D eigenvalue weighted by Gasteiger charge is 2.04. The van der Waals surface area contributed by atoms with Crippen molar-refractivity contribution in [1.82, 2.24) is 0 Å². The quantitative estimate of drug-likeness (QED) is 0.552. The average molecular weight is 174 g/mol. The van der Waals surface area contributed by atoms with Crippen molar-refractivity contribution in [2.45, 2.75) is 45.4 Å². The second kappa shape index (κ2) is 9.01. The van der Waals surface area contributed by atoms with Crippen LogP contribution < -0.4 is 0 Å². The molecule has 0 aromatic heterocycles. The summed E-state index contributed by atoms with van der Waals surface area (Å²) in [6.07, 6.45) is 6.55. The zero-order valence-electron chi connectivity index (χ0n) is 8.13. The fourth-order valence-corrected chi connectivity index (χ4v) is 1.46. The van der Waals surface area contributed by atoms with Crippen LogP contribution in [-0.4, -0.2) is 23.4 Å². The molecule has 0 amide bonds. The van der Waals surface area contributed by atoms with Crippen molar-refractivity contribution < 1.29 is 10.2 Å². The molecule has 0 aliphatic rings. The second-order valence-corrected chi connectivity index (χ2v) is 3.41. The predicted octanol–water partition coefficient (Wildman–Crippen LogP) is 1.95. The Labute approximate surface area is 75.6 Å². The normalized spacial score (nSPS) is 13.2. The van der Waals surface area contributed by atoms with Gasteiger partial charge in [0.05, 0.1) is 0 Å². The van der Waals surface area contributed by atoms with Gasteiger partial charge in [-0.1, -0.05) is 26.2 Å². The molecule has 0 spiro atoms. The van der Waals surface area contributed by atoms with Crippen LogP contribution >= 0.6 is 0 Å². The third-order valence-corrected chi connectivity index (χ3v) is 2.23. The first-order chi connectivity index (χ1) is 5.85. The number of hydrogen-bond donors (Lipinski definition) is 2. The van der Waals surface area contributed by atoms with Crippen molar-refractivity contribution in [3.05, 3.63) is 0 Å². The molecule has 12 heavy (non-hydrogen) atoms. The zero-order valence-corrected chi connectivity index (χ0v) is 8.13. The van der Waals surface area contributed by atoms with Gasteiger partial charge in [-0.25, -0.2) is 0 Å². The molecule has 0 heterocycles. The number of hydrogen-bond acceptors (Lipinski definition) is 2. The zero-order chi connectivity index (χ0) is 9.23. The van der Waals surface area contributed by atoms with Crippen LogP contribution in [-0.2, 0) is 0 Å². The summed E-state index contributed by atoms with van der Waals surface area (Å²) < 4.78 is 0. The molecule has 0 saturated carbocycles. The Morgan fingerprint density at radius 1 is 1.00 bits per heavy atom. The molecule has 0 rings (SSSR count). The van der Waals surface area contributed by atoms with Gasteiger partial charge in [0.15, 0.2) is 0 Å². The molecule has 0 radical (unpaired) electrons. The molecule has 0 saturated heterocycles. The van der Waals surface area contributed by atoms with Gasteiger partial charge < -0.3 is 10.2 Å². The summed E-state index contributed by atoms with van der Waals surface area (Å²) in [6, 6.07) is 0. The fourth-order valence-electron chi connectivity index (χ4n) is 1.46. The molecule has 1 unspecified atom stereocenters. The fraction of sp³-hybridized carbons (Fsp3) is 1.00. The second-order valence-electron chi connectivity index (χ2n) is 3.41. The summed E-state index contributed by atoms with van der Waals surface area (Å²) in [4.78, 5) is 0. The van der Waals surface area contributed by atoms with Crippen LogP contribution in [0, 0.1) is 5.92 Å². The van der Waals surface area contributed by atoms with Crippen molar-refractivity contribution in [2.24, 2.45) is 5.92 Å². The van der Waals surface area contributed by atoms with Crippen molar-refractivity contribution in [3.63, 3.8) is 0 Å². The number of aliphatic hydroxyl groups is 2. The molecule has 0 aromatic carbocycles. The molecular weight excluding hydrogens is 152 g/mol. The highest BCUT2D eigenvalue weighted by molar-refractivity contribution is 4.57. The highest BCUT2D eigenvalue weighted by atomic mass is 16.3. The van der Waals surface area contributed by atoms with Gasteiger partial charge in [0, 0.05) is 13.2 Å². The minimum Gasteiger partial charge on any atom is -0.396 e. The van der Waals surface area contributed by atoms with E-state index in [4.69, 9.17) is 10.2 Å². The summed E-state index contributed by atoms with van der Waals surface area (Å²) in [5.41, 5.74) is 0. The van der Waals surface area contributed by atoms with Crippen LogP contribution in [0.5, 0.6) is 0 Å². The third-order valence-electron chi connectivity index (χ3n) is 2.23. The molecule has 2 N–H and O–H groups in total. The maximum atomic E-state index is 8.96. The van der Waals surface area contributed by atoms with Crippen LogP contribution in [0.3, 0.4) is 0 Å². The van der Waals surface area contributed by atoms with E-state index in [0.29, 0.717) is 19.1 Å². The van der Waals surface area contributed by atoms with E-state index in [1.54, 1.807) is 0 Å². The van der Waals surface area contributed by atoms with E-state index >= 15 is 0 Å². The van der Waals surface area contributed by atoms with Crippen LogP contribution in [0.15, 0.2) is 0 Å². The minimum absolute atomic E-state index is 0.303. The first kappa shape index (κ1) is 11.9. The topological polar surface area (TPSA) is 40.5 Å². The van der Waals surface area contributed by atoms with E-state index in [0.717, 1.165) is 38.5 Å². The van der Waals surface area contributed by atoms with Crippen molar-refractivity contribution in [2.75, 3.05) is 13.2 Å². The lowest BCUT2D eigenvalue weighted by Crippen LogP contribution is -2.05. The Balaban J connectivity index is 3.19. The molecule has 2 nitrogen and oxygen atoms in total. The predicted molar refractivity (Wildman–Crippen MR) is 51.0 cm³/mol. The molecular formula is C10H22O2. The molecule has 0 aromatic rings. The number of rotatable bonds is 8. The molecule has 0 bridgehead atoms. The van der Waals surface area contributed by atoms with Gasteiger partial charge in [-0.15, -0.1) is 0 Å². The van der Waals surface area contributed by atoms with Gasteiger partial charge in [-0.05, 0) is 25.2 Å². The molecule has 0 aliphatic heterocycles. The van der Waals surface area contributed by atoms with Crippen LogP contribution in [0.2, 0.25) is 0 Å². The summed E-state index contributed by atoms with van der Waals surface area (Å²) in [5, 5.41) is 17.5. The van der Waals surface area contributed by atoms with Gasteiger partial charge in [-0.2, -0.15) is 0 Å². The van der Waals surface area contributed by atoms with Crippen molar-refractivity contribution in [3.8, 4) is 0 Å². The van der Waals surface area contributed by atoms with Crippen LogP contribution in [0.4, 0.5) is 0 Å². The van der Waals surface area contributed by atoms with E-state index in [2.05, 4.69) is 6.92 Å². The lowest BCUT2D eigenvalue weighted by atomic mass is 9.97.